The van der Waals surface area contributed by atoms with Gasteiger partial charge >= 0.3 is 6.09 Å². The van der Waals surface area contributed by atoms with Crippen LogP contribution in [0.3, 0.4) is 0 Å². The number of carbonyl (C=O) groups is 2. The van der Waals surface area contributed by atoms with Crippen LogP contribution in [-0.4, -0.2) is 46.0 Å². The van der Waals surface area contributed by atoms with Gasteiger partial charge in [-0.1, -0.05) is 30.3 Å². The van der Waals surface area contributed by atoms with Gasteiger partial charge in [0.05, 0.1) is 19.2 Å². The monoisotopic (exact) mass is 282 g/mol. The summed E-state index contributed by atoms with van der Waals surface area (Å²) < 4.78 is 5.10. The van der Waals surface area contributed by atoms with E-state index in [0.29, 0.717) is 4.90 Å². The quantitative estimate of drug-likeness (QED) is 0.650. The van der Waals surface area contributed by atoms with Gasteiger partial charge in [-0.3, -0.25) is 4.79 Å². The number of carbonyl (C=O) groups excluding carboxylic acids is 1. The van der Waals surface area contributed by atoms with Crippen molar-refractivity contribution in [2.75, 3.05) is 6.54 Å². The van der Waals surface area contributed by atoms with Crippen molar-refractivity contribution in [3.63, 3.8) is 0 Å². The molecule has 0 heterocycles. The number of aliphatic hydroxyl groups is 1. The second kappa shape index (κ2) is 7.59. The normalized spacial score (nSPS) is 13.6. The number of hydrogen-bond acceptors (Lipinski definition) is 5. The molecule has 1 unspecified atom stereocenters. The van der Waals surface area contributed by atoms with E-state index in [1.807, 2.05) is 18.2 Å². The first kappa shape index (κ1) is 16.1. The molecule has 2 atom stereocenters. The molecule has 0 bridgehead atoms. The Kier molecular flexibility index (Phi) is 6.10. The zero-order valence-electron chi connectivity index (χ0n) is 11.1. The molecule has 1 aromatic rings. The van der Waals surface area contributed by atoms with Crippen LogP contribution in [0.5, 0.6) is 0 Å². The number of benzene rings is 1. The fraction of sp³-hybridized carbons (Fsp3) is 0.385. The summed E-state index contributed by atoms with van der Waals surface area (Å²) >= 11 is 0. The highest BCUT2D eigenvalue weighted by atomic mass is 16.6. The Hall–Kier alpha value is -1.96. The van der Waals surface area contributed by atoms with Gasteiger partial charge in [0.15, 0.2) is 6.29 Å². The number of nitrogens with two attached hydrogens (primary N) is 1. The molecular weight excluding hydrogens is 264 g/mol. The summed E-state index contributed by atoms with van der Waals surface area (Å²) in [5, 5.41) is 18.5. The van der Waals surface area contributed by atoms with E-state index in [4.69, 9.17) is 15.6 Å². The Bertz CT molecular complexity index is 449. The molecule has 0 aliphatic heterocycles. The molecule has 0 radical (unpaired) electrons. The molecule has 20 heavy (non-hydrogen) atoms. The number of carboxylic acid groups (broad SMARTS) is 1. The van der Waals surface area contributed by atoms with Crippen molar-refractivity contribution >= 4 is 12.0 Å². The minimum Gasteiger partial charge on any atom is -0.465 e. The van der Waals surface area contributed by atoms with E-state index in [1.165, 1.54) is 6.92 Å². The molecule has 0 saturated heterocycles. The van der Waals surface area contributed by atoms with Crippen LogP contribution in [0.2, 0.25) is 0 Å². The summed E-state index contributed by atoms with van der Waals surface area (Å²) in [5.74, 6) is -0.792. The fourth-order valence-electron chi connectivity index (χ4n) is 1.48. The van der Waals surface area contributed by atoms with Crippen LogP contribution in [0.15, 0.2) is 30.3 Å². The third kappa shape index (κ3) is 4.96. The van der Waals surface area contributed by atoms with Crippen LogP contribution in [-0.2, 0) is 16.1 Å². The van der Waals surface area contributed by atoms with E-state index in [0.717, 1.165) is 5.56 Å². The summed E-state index contributed by atoms with van der Waals surface area (Å²) in [6, 6.07) is 8.10. The molecule has 0 aliphatic rings. The molecule has 4 N–H and O–H groups in total. The Balaban J connectivity index is 2.52. The number of aliphatic hydroxyl groups excluding tert-OH is 1. The van der Waals surface area contributed by atoms with Crippen LogP contribution in [0.4, 0.5) is 4.79 Å². The van der Waals surface area contributed by atoms with Crippen LogP contribution in [0.1, 0.15) is 12.5 Å². The lowest BCUT2D eigenvalue weighted by atomic mass is 10.2. The molecular formula is C13H18N2O5. The van der Waals surface area contributed by atoms with Gasteiger partial charge in [-0.25, -0.2) is 9.69 Å². The third-order valence-electron chi connectivity index (χ3n) is 2.51. The molecule has 0 aliphatic carbocycles. The molecule has 0 spiro atoms. The second-order valence-corrected chi connectivity index (χ2v) is 4.27. The predicted molar refractivity (Wildman–Crippen MR) is 70.6 cm³/mol. The lowest BCUT2D eigenvalue weighted by Gasteiger charge is -2.22. The largest absolute Gasteiger partial charge is 0.465 e. The lowest BCUT2D eigenvalue weighted by molar-refractivity contribution is -0.144. The number of hydrogen-bond donors (Lipinski definition) is 3. The number of rotatable bonds is 6. The van der Waals surface area contributed by atoms with Gasteiger partial charge in [0.25, 0.3) is 0 Å². The van der Waals surface area contributed by atoms with Crippen LogP contribution in [0.25, 0.3) is 0 Å². The Labute approximate surface area is 116 Å². The summed E-state index contributed by atoms with van der Waals surface area (Å²) in [6.07, 6.45) is -2.89. The van der Waals surface area contributed by atoms with Crippen molar-refractivity contribution in [2.24, 2.45) is 5.73 Å². The van der Waals surface area contributed by atoms with Crippen molar-refractivity contribution in [1.82, 2.24) is 4.90 Å². The molecule has 7 nitrogen and oxygen atoms in total. The lowest BCUT2D eigenvalue weighted by Crippen LogP contribution is -2.48. The molecule has 0 saturated carbocycles. The molecule has 110 valence electrons. The van der Waals surface area contributed by atoms with Crippen molar-refractivity contribution in [2.45, 2.75) is 25.9 Å². The van der Waals surface area contributed by atoms with Crippen LogP contribution < -0.4 is 5.73 Å². The van der Waals surface area contributed by atoms with Gasteiger partial charge in [-0.05, 0) is 12.5 Å². The Morgan fingerprint density at radius 2 is 1.95 bits per heavy atom. The van der Waals surface area contributed by atoms with E-state index in [2.05, 4.69) is 0 Å². The maximum atomic E-state index is 11.5. The first-order valence-corrected chi connectivity index (χ1v) is 6.05. The van der Waals surface area contributed by atoms with Gasteiger partial charge in [-0.15, -0.1) is 0 Å². The third-order valence-corrected chi connectivity index (χ3v) is 2.51. The predicted octanol–water partition coefficient (Wildman–Crippen LogP) is 0.375. The highest BCUT2D eigenvalue weighted by Crippen LogP contribution is 2.04. The molecule has 1 rings (SSSR count). The maximum Gasteiger partial charge on any atom is 0.414 e. The maximum absolute atomic E-state index is 11.5. The van der Waals surface area contributed by atoms with E-state index in [9.17, 15) is 14.7 Å². The summed E-state index contributed by atoms with van der Waals surface area (Å²) in [6.45, 7) is 1.000. The van der Waals surface area contributed by atoms with Crippen LogP contribution >= 0.6 is 0 Å². The molecule has 2 amide bonds. The van der Waals surface area contributed by atoms with Gasteiger partial charge in [0, 0.05) is 0 Å². The number of amides is 2. The SMILES string of the molecule is C[C@H](N)C(=O)N(CC(O)OCc1ccccc1)C(=O)O. The zero-order chi connectivity index (χ0) is 15.1. The van der Waals surface area contributed by atoms with E-state index >= 15 is 0 Å². The first-order valence-electron chi connectivity index (χ1n) is 6.05. The van der Waals surface area contributed by atoms with Gasteiger partial charge in [-0.2, -0.15) is 0 Å². The van der Waals surface area contributed by atoms with Crippen molar-refractivity contribution < 1.29 is 24.5 Å². The van der Waals surface area contributed by atoms with Gasteiger partial charge in [0.1, 0.15) is 0 Å². The van der Waals surface area contributed by atoms with Crippen molar-refractivity contribution in [1.29, 1.82) is 0 Å². The van der Waals surface area contributed by atoms with E-state index < -0.39 is 30.9 Å². The number of nitrogens with zero attached hydrogens (tertiary/aromatic N) is 1. The topological polar surface area (TPSA) is 113 Å². The number of ether oxygens (including phenoxy) is 1. The summed E-state index contributed by atoms with van der Waals surface area (Å²) in [5.41, 5.74) is 6.16. The minimum atomic E-state index is -1.48. The van der Waals surface area contributed by atoms with Crippen LogP contribution in [0, 0.1) is 0 Å². The average molecular weight is 282 g/mol. The molecule has 0 fully saturated rings. The van der Waals surface area contributed by atoms with Gasteiger partial charge < -0.3 is 20.7 Å². The van der Waals surface area contributed by atoms with Crippen molar-refractivity contribution in [3.05, 3.63) is 35.9 Å². The summed E-state index contributed by atoms with van der Waals surface area (Å²) in [7, 11) is 0. The highest BCUT2D eigenvalue weighted by molar-refractivity contribution is 5.93. The Morgan fingerprint density at radius 3 is 2.45 bits per heavy atom. The van der Waals surface area contributed by atoms with E-state index in [1.54, 1.807) is 12.1 Å². The molecule has 0 aromatic heterocycles. The smallest absolute Gasteiger partial charge is 0.414 e. The molecule has 1 aromatic carbocycles. The number of imide groups is 1. The van der Waals surface area contributed by atoms with Crippen molar-refractivity contribution in [3.8, 4) is 0 Å². The fourth-order valence-corrected chi connectivity index (χ4v) is 1.48. The minimum absolute atomic E-state index is 0.113. The first-order chi connectivity index (χ1) is 9.41. The molecule has 7 heteroatoms. The average Bonchev–Trinajstić information content (AvgIpc) is 2.42. The summed E-state index contributed by atoms with van der Waals surface area (Å²) in [4.78, 5) is 22.9. The second-order valence-electron chi connectivity index (χ2n) is 4.27. The van der Waals surface area contributed by atoms with E-state index in [-0.39, 0.29) is 6.61 Å². The Morgan fingerprint density at radius 1 is 1.35 bits per heavy atom. The highest BCUT2D eigenvalue weighted by Gasteiger charge is 2.26. The standard InChI is InChI=1S/C13H18N2O5/c1-9(14)12(17)15(13(18)19)7-11(16)20-8-10-5-3-2-4-6-10/h2-6,9,11,16H,7-8,14H2,1H3,(H,18,19)/t9-,11?/m0/s1. The zero-order valence-corrected chi connectivity index (χ0v) is 11.1. The van der Waals surface area contributed by atoms with Gasteiger partial charge in [0.2, 0.25) is 5.91 Å².